The fraction of sp³-hybridized carbons (Fsp3) is 0.360. The van der Waals surface area contributed by atoms with Gasteiger partial charge in [0.1, 0.15) is 0 Å². The smallest absolute Gasteiger partial charge is 0.304 e. The Morgan fingerprint density at radius 2 is 1.97 bits per heavy atom. The number of hydrogen-bond acceptors (Lipinski definition) is 4. The third-order valence-corrected chi connectivity index (χ3v) is 5.66. The monoisotopic (exact) mass is 419 g/mol. The van der Waals surface area contributed by atoms with Crippen molar-refractivity contribution in [2.45, 2.75) is 38.8 Å². The van der Waals surface area contributed by atoms with Crippen LogP contribution < -0.4 is 0 Å². The molecule has 1 saturated heterocycles. The summed E-state index contributed by atoms with van der Waals surface area (Å²) >= 11 is 0. The zero-order chi connectivity index (χ0) is 21.6. The van der Waals surface area contributed by atoms with Crippen LogP contribution in [0.5, 0.6) is 0 Å². The largest absolute Gasteiger partial charge is 0.481 e. The van der Waals surface area contributed by atoms with Crippen molar-refractivity contribution in [2.75, 3.05) is 19.7 Å². The van der Waals surface area contributed by atoms with Crippen LogP contribution >= 0.6 is 0 Å². The van der Waals surface area contributed by atoms with Gasteiger partial charge in [0.2, 0.25) is 0 Å². The van der Waals surface area contributed by atoms with Crippen LogP contribution in [0.25, 0.3) is 16.9 Å². The summed E-state index contributed by atoms with van der Waals surface area (Å²) in [7, 11) is 0. The molecule has 0 unspecified atom stereocenters. The summed E-state index contributed by atoms with van der Waals surface area (Å²) in [6, 6.07) is 18.4. The third kappa shape index (κ3) is 5.60. The van der Waals surface area contributed by atoms with Gasteiger partial charge in [0.05, 0.1) is 23.9 Å². The van der Waals surface area contributed by atoms with E-state index in [0.29, 0.717) is 13.1 Å². The number of aryl methyl sites for hydroxylation is 1. The van der Waals surface area contributed by atoms with Gasteiger partial charge in [-0.3, -0.25) is 9.69 Å². The van der Waals surface area contributed by atoms with Crippen molar-refractivity contribution in [2.24, 2.45) is 0 Å². The standard InChI is InChI=1S/C25H29N3O3/c1-19-9-11-20(12-10-19)25-21(17-28(26-25)22-6-3-2-4-7-22)16-27(14-13-24(29)30)18-23-8-5-15-31-23/h2-4,6-7,9-12,17,23H,5,8,13-16,18H2,1H3,(H,29,30)/t23-/m1/s1. The summed E-state index contributed by atoms with van der Waals surface area (Å²) in [4.78, 5) is 13.4. The van der Waals surface area contributed by atoms with E-state index in [9.17, 15) is 9.90 Å². The van der Waals surface area contributed by atoms with Crippen LogP contribution in [0.1, 0.15) is 30.4 Å². The Hall–Kier alpha value is -2.96. The van der Waals surface area contributed by atoms with Crippen LogP contribution in [0.3, 0.4) is 0 Å². The van der Waals surface area contributed by atoms with Gasteiger partial charge in [-0.05, 0) is 31.9 Å². The summed E-state index contributed by atoms with van der Waals surface area (Å²) < 4.78 is 7.73. The number of carboxylic acid groups (broad SMARTS) is 1. The molecule has 6 nitrogen and oxygen atoms in total. The third-order valence-electron chi connectivity index (χ3n) is 5.66. The number of aromatic nitrogens is 2. The van der Waals surface area contributed by atoms with Crippen LogP contribution in [0.4, 0.5) is 0 Å². The number of carbonyl (C=O) groups is 1. The van der Waals surface area contributed by atoms with Gasteiger partial charge in [0.15, 0.2) is 0 Å². The van der Waals surface area contributed by atoms with Crippen molar-refractivity contribution in [1.29, 1.82) is 0 Å². The number of benzene rings is 2. The second kappa shape index (κ2) is 9.90. The molecule has 0 amide bonds. The molecule has 1 N–H and O–H groups in total. The van der Waals surface area contributed by atoms with Crippen molar-refractivity contribution in [3.8, 4) is 16.9 Å². The molecule has 0 spiro atoms. The lowest BCUT2D eigenvalue weighted by Gasteiger charge is -2.24. The molecule has 6 heteroatoms. The maximum absolute atomic E-state index is 11.2. The highest BCUT2D eigenvalue weighted by molar-refractivity contribution is 5.67. The molecule has 1 aliphatic rings. The van der Waals surface area contributed by atoms with E-state index in [2.05, 4.69) is 42.3 Å². The van der Waals surface area contributed by atoms with Gasteiger partial charge in [-0.25, -0.2) is 4.68 Å². The normalized spacial score (nSPS) is 16.1. The average molecular weight is 420 g/mol. The molecule has 3 aromatic rings. The maximum Gasteiger partial charge on any atom is 0.304 e. The topological polar surface area (TPSA) is 67.6 Å². The van der Waals surface area contributed by atoms with Crippen molar-refractivity contribution in [1.82, 2.24) is 14.7 Å². The SMILES string of the molecule is Cc1ccc(-c2nn(-c3ccccc3)cc2CN(CCC(=O)O)C[C@H]2CCCO2)cc1. The molecule has 1 aliphatic heterocycles. The minimum atomic E-state index is -0.781. The van der Waals surface area contributed by atoms with E-state index in [-0.39, 0.29) is 12.5 Å². The molecular weight excluding hydrogens is 390 g/mol. The lowest BCUT2D eigenvalue weighted by atomic mass is 10.1. The van der Waals surface area contributed by atoms with E-state index in [1.54, 1.807) is 0 Å². The Bertz CT molecular complexity index is 993. The van der Waals surface area contributed by atoms with E-state index in [4.69, 9.17) is 9.84 Å². The predicted octanol–water partition coefficient (Wildman–Crippen LogP) is 4.30. The fourth-order valence-corrected chi connectivity index (χ4v) is 4.00. The molecule has 0 saturated carbocycles. The van der Waals surface area contributed by atoms with Gasteiger partial charge in [-0.2, -0.15) is 5.10 Å². The van der Waals surface area contributed by atoms with Crippen LogP contribution in [-0.4, -0.2) is 51.6 Å². The quantitative estimate of drug-likeness (QED) is 0.560. The molecule has 1 fully saturated rings. The number of nitrogens with zero attached hydrogens (tertiary/aromatic N) is 3. The molecule has 0 radical (unpaired) electrons. The van der Waals surface area contributed by atoms with E-state index < -0.39 is 5.97 Å². The molecular formula is C25H29N3O3. The number of carboxylic acids is 1. The summed E-state index contributed by atoms with van der Waals surface area (Å²) in [6.45, 7) is 4.71. The minimum absolute atomic E-state index is 0.111. The minimum Gasteiger partial charge on any atom is -0.481 e. The second-order valence-corrected chi connectivity index (χ2v) is 8.16. The first kappa shape index (κ1) is 21.3. The molecule has 2 aromatic carbocycles. The van der Waals surface area contributed by atoms with Crippen molar-refractivity contribution >= 4 is 5.97 Å². The molecule has 0 aliphatic carbocycles. The summed E-state index contributed by atoms with van der Waals surface area (Å²) in [6.07, 6.45) is 4.43. The van der Waals surface area contributed by atoms with Crippen molar-refractivity contribution in [3.05, 3.63) is 71.9 Å². The maximum atomic E-state index is 11.2. The lowest BCUT2D eigenvalue weighted by molar-refractivity contribution is -0.137. The number of para-hydroxylation sites is 1. The zero-order valence-electron chi connectivity index (χ0n) is 17.9. The first-order valence-electron chi connectivity index (χ1n) is 10.9. The highest BCUT2D eigenvalue weighted by atomic mass is 16.5. The average Bonchev–Trinajstić information content (AvgIpc) is 3.43. The van der Waals surface area contributed by atoms with Crippen LogP contribution in [-0.2, 0) is 16.1 Å². The van der Waals surface area contributed by atoms with Crippen molar-refractivity contribution < 1.29 is 14.6 Å². The number of hydrogen-bond donors (Lipinski definition) is 1. The number of rotatable bonds is 9. The first-order valence-corrected chi connectivity index (χ1v) is 10.9. The molecule has 0 bridgehead atoms. The zero-order valence-corrected chi connectivity index (χ0v) is 17.9. The van der Waals surface area contributed by atoms with E-state index in [0.717, 1.165) is 48.5 Å². The summed E-state index contributed by atoms with van der Waals surface area (Å²) in [5.74, 6) is -0.781. The number of aliphatic carboxylic acids is 1. The fourth-order valence-electron chi connectivity index (χ4n) is 4.00. The summed E-state index contributed by atoms with van der Waals surface area (Å²) in [5.41, 5.74) is 5.27. The molecule has 1 aromatic heterocycles. The first-order chi connectivity index (χ1) is 15.1. The van der Waals surface area contributed by atoms with Crippen LogP contribution in [0.15, 0.2) is 60.8 Å². The molecule has 2 heterocycles. The molecule has 31 heavy (non-hydrogen) atoms. The van der Waals surface area contributed by atoms with Crippen LogP contribution in [0.2, 0.25) is 0 Å². The predicted molar refractivity (Wildman–Crippen MR) is 120 cm³/mol. The van der Waals surface area contributed by atoms with E-state index in [1.807, 2.05) is 35.0 Å². The Balaban J connectivity index is 1.65. The Labute approximate surface area is 183 Å². The lowest BCUT2D eigenvalue weighted by Crippen LogP contribution is -2.33. The number of ether oxygens (including phenoxy) is 1. The molecule has 1 atom stereocenters. The Kier molecular flexibility index (Phi) is 6.79. The van der Waals surface area contributed by atoms with Crippen LogP contribution in [0, 0.1) is 6.92 Å². The van der Waals surface area contributed by atoms with Gasteiger partial charge in [-0.1, -0.05) is 48.0 Å². The van der Waals surface area contributed by atoms with E-state index in [1.165, 1.54) is 5.56 Å². The second-order valence-electron chi connectivity index (χ2n) is 8.16. The van der Waals surface area contributed by atoms with Gasteiger partial charge in [0.25, 0.3) is 0 Å². The molecule has 4 rings (SSSR count). The highest BCUT2D eigenvalue weighted by Crippen LogP contribution is 2.26. The summed E-state index contributed by atoms with van der Waals surface area (Å²) in [5, 5.41) is 14.1. The van der Waals surface area contributed by atoms with Gasteiger partial charge >= 0.3 is 5.97 Å². The Morgan fingerprint density at radius 1 is 1.19 bits per heavy atom. The van der Waals surface area contributed by atoms with E-state index >= 15 is 0 Å². The highest BCUT2D eigenvalue weighted by Gasteiger charge is 2.22. The van der Waals surface area contributed by atoms with Crippen molar-refractivity contribution in [3.63, 3.8) is 0 Å². The molecule has 162 valence electrons. The van der Waals surface area contributed by atoms with Gasteiger partial charge in [-0.15, -0.1) is 0 Å². The van der Waals surface area contributed by atoms with Gasteiger partial charge in [0, 0.05) is 43.6 Å². The van der Waals surface area contributed by atoms with Gasteiger partial charge < -0.3 is 9.84 Å². The Morgan fingerprint density at radius 3 is 2.65 bits per heavy atom.